The van der Waals surface area contributed by atoms with Crippen molar-refractivity contribution in [3.05, 3.63) is 28.0 Å². The predicted molar refractivity (Wildman–Crippen MR) is 63.4 cm³/mol. The molecular formula is C11H14Cl2N2. The van der Waals surface area contributed by atoms with Crippen LogP contribution in [-0.4, -0.2) is 12.0 Å². The van der Waals surface area contributed by atoms with Crippen LogP contribution in [-0.2, 0) is 0 Å². The van der Waals surface area contributed by atoms with Gasteiger partial charge in [-0.15, -0.1) is 0 Å². The minimum Gasteiger partial charge on any atom is -0.312 e. The number of pyridine rings is 1. The molecule has 1 atom stereocenters. The third kappa shape index (κ3) is 2.83. The van der Waals surface area contributed by atoms with E-state index in [0.717, 1.165) is 18.0 Å². The molecule has 0 spiro atoms. The molecule has 1 fully saturated rings. The van der Waals surface area contributed by atoms with Gasteiger partial charge in [-0.25, -0.2) is 0 Å². The van der Waals surface area contributed by atoms with Crippen LogP contribution in [0.1, 0.15) is 31.0 Å². The molecule has 1 unspecified atom stereocenters. The molecule has 0 amide bonds. The van der Waals surface area contributed by atoms with Crippen LogP contribution in [0.2, 0.25) is 10.0 Å². The average Bonchev–Trinajstić information content (AvgIpc) is 2.99. The molecule has 0 aliphatic heterocycles. The van der Waals surface area contributed by atoms with Gasteiger partial charge >= 0.3 is 0 Å². The standard InChI is InChI=1S/C11H14Cl2N2/c1-14-10(4-7-2-3-7)11-9(13)5-8(12)6-15-11/h5-7,10,14H,2-4H2,1H3. The van der Waals surface area contributed by atoms with Crippen molar-refractivity contribution in [2.24, 2.45) is 5.92 Å². The van der Waals surface area contributed by atoms with Crippen molar-refractivity contribution >= 4 is 23.2 Å². The summed E-state index contributed by atoms with van der Waals surface area (Å²) >= 11 is 11.9. The molecule has 1 saturated carbocycles. The predicted octanol–water partition coefficient (Wildman–Crippen LogP) is 3.45. The summed E-state index contributed by atoms with van der Waals surface area (Å²) in [6.07, 6.45) is 5.44. The largest absolute Gasteiger partial charge is 0.312 e. The summed E-state index contributed by atoms with van der Waals surface area (Å²) in [6.45, 7) is 0. The molecule has 1 aliphatic rings. The lowest BCUT2D eigenvalue weighted by Gasteiger charge is -2.16. The molecule has 0 radical (unpaired) electrons. The normalized spacial score (nSPS) is 17.8. The van der Waals surface area contributed by atoms with E-state index in [1.807, 2.05) is 7.05 Å². The van der Waals surface area contributed by atoms with Crippen molar-refractivity contribution in [3.63, 3.8) is 0 Å². The first-order valence-electron chi connectivity index (χ1n) is 5.19. The lowest BCUT2D eigenvalue weighted by molar-refractivity contribution is 0.503. The maximum absolute atomic E-state index is 6.12. The lowest BCUT2D eigenvalue weighted by atomic mass is 10.1. The fourth-order valence-corrected chi connectivity index (χ4v) is 2.25. The van der Waals surface area contributed by atoms with Gasteiger partial charge in [0.2, 0.25) is 0 Å². The number of hydrogen-bond acceptors (Lipinski definition) is 2. The fraction of sp³-hybridized carbons (Fsp3) is 0.545. The van der Waals surface area contributed by atoms with Crippen LogP contribution in [0.15, 0.2) is 12.3 Å². The quantitative estimate of drug-likeness (QED) is 0.878. The van der Waals surface area contributed by atoms with Crippen LogP contribution in [0.3, 0.4) is 0 Å². The zero-order chi connectivity index (χ0) is 10.8. The molecule has 1 aromatic rings. The third-order valence-corrected chi connectivity index (χ3v) is 3.29. The Balaban J connectivity index is 2.16. The van der Waals surface area contributed by atoms with Crippen molar-refractivity contribution in [1.82, 2.24) is 10.3 Å². The summed E-state index contributed by atoms with van der Waals surface area (Å²) in [5.74, 6) is 0.844. The highest BCUT2D eigenvalue weighted by Gasteiger charge is 2.27. The second-order valence-electron chi connectivity index (χ2n) is 4.04. The van der Waals surface area contributed by atoms with E-state index in [1.54, 1.807) is 12.3 Å². The van der Waals surface area contributed by atoms with Crippen LogP contribution in [0.25, 0.3) is 0 Å². The number of nitrogens with zero attached hydrogens (tertiary/aromatic N) is 1. The Morgan fingerprint density at radius 1 is 1.53 bits per heavy atom. The van der Waals surface area contributed by atoms with E-state index in [1.165, 1.54) is 12.8 Å². The van der Waals surface area contributed by atoms with E-state index in [4.69, 9.17) is 23.2 Å². The van der Waals surface area contributed by atoms with Crippen molar-refractivity contribution in [1.29, 1.82) is 0 Å². The minimum atomic E-state index is 0.252. The first kappa shape index (κ1) is 11.2. The number of nitrogens with one attached hydrogen (secondary N) is 1. The molecule has 2 nitrogen and oxygen atoms in total. The van der Waals surface area contributed by atoms with Crippen molar-refractivity contribution < 1.29 is 0 Å². The molecule has 82 valence electrons. The average molecular weight is 245 g/mol. The smallest absolute Gasteiger partial charge is 0.0760 e. The summed E-state index contributed by atoms with van der Waals surface area (Å²) in [5, 5.41) is 4.50. The summed E-state index contributed by atoms with van der Waals surface area (Å²) < 4.78 is 0. The Hall–Kier alpha value is -0.310. The summed E-state index contributed by atoms with van der Waals surface area (Å²) in [4.78, 5) is 4.30. The maximum atomic E-state index is 6.12. The van der Waals surface area contributed by atoms with E-state index in [0.29, 0.717) is 10.0 Å². The zero-order valence-electron chi connectivity index (χ0n) is 8.63. The van der Waals surface area contributed by atoms with Gasteiger partial charge in [0.1, 0.15) is 0 Å². The SMILES string of the molecule is CNC(CC1CC1)c1ncc(Cl)cc1Cl. The van der Waals surface area contributed by atoms with Crippen molar-refractivity contribution in [2.45, 2.75) is 25.3 Å². The lowest BCUT2D eigenvalue weighted by Crippen LogP contribution is -2.18. The molecule has 1 aromatic heterocycles. The Bertz CT molecular complexity index is 350. The van der Waals surface area contributed by atoms with Gasteiger partial charge in [-0.3, -0.25) is 4.98 Å². The Labute approximate surface area is 100.0 Å². The highest BCUT2D eigenvalue weighted by molar-refractivity contribution is 6.34. The fourth-order valence-electron chi connectivity index (χ4n) is 1.73. The van der Waals surface area contributed by atoms with Crippen LogP contribution in [0, 0.1) is 5.92 Å². The first-order valence-corrected chi connectivity index (χ1v) is 5.94. The van der Waals surface area contributed by atoms with E-state index >= 15 is 0 Å². The summed E-state index contributed by atoms with van der Waals surface area (Å²) in [5.41, 5.74) is 0.912. The van der Waals surface area contributed by atoms with E-state index in [9.17, 15) is 0 Å². The van der Waals surface area contributed by atoms with E-state index in [2.05, 4.69) is 10.3 Å². The van der Waals surface area contributed by atoms with Crippen LogP contribution in [0.5, 0.6) is 0 Å². The molecule has 0 aromatic carbocycles. The highest BCUT2D eigenvalue weighted by Crippen LogP contribution is 2.38. The van der Waals surface area contributed by atoms with Gasteiger partial charge in [-0.2, -0.15) is 0 Å². The van der Waals surface area contributed by atoms with Gasteiger partial charge in [0.25, 0.3) is 0 Å². The molecule has 2 rings (SSSR count). The molecule has 15 heavy (non-hydrogen) atoms. The molecule has 1 N–H and O–H groups in total. The number of aromatic nitrogens is 1. The molecule has 0 bridgehead atoms. The third-order valence-electron chi connectivity index (χ3n) is 2.78. The Morgan fingerprint density at radius 2 is 2.27 bits per heavy atom. The van der Waals surface area contributed by atoms with Gasteiger partial charge in [0.15, 0.2) is 0 Å². The first-order chi connectivity index (χ1) is 7.20. The van der Waals surface area contributed by atoms with Gasteiger partial charge < -0.3 is 5.32 Å². The van der Waals surface area contributed by atoms with Crippen molar-refractivity contribution in [2.75, 3.05) is 7.05 Å². The maximum Gasteiger partial charge on any atom is 0.0760 e. The van der Waals surface area contributed by atoms with Crippen LogP contribution >= 0.6 is 23.2 Å². The van der Waals surface area contributed by atoms with Gasteiger partial charge in [-0.05, 0) is 25.5 Å². The summed E-state index contributed by atoms with van der Waals surface area (Å²) in [7, 11) is 1.94. The molecule has 1 aliphatic carbocycles. The zero-order valence-corrected chi connectivity index (χ0v) is 10.1. The van der Waals surface area contributed by atoms with Gasteiger partial charge in [0.05, 0.1) is 21.8 Å². The molecule has 1 heterocycles. The topological polar surface area (TPSA) is 24.9 Å². The molecular weight excluding hydrogens is 231 g/mol. The van der Waals surface area contributed by atoms with E-state index < -0.39 is 0 Å². The van der Waals surface area contributed by atoms with Crippen LogP contribution < -0.4 is 5.32 Å². The van der Waals surface area contributed by atoms with Gasteiger partial charge in [-0.1, -0.05) is 36.0 Å². The Morgan fingerprint density at radius 3 is 2.80 bits per heavy atom. The van der Waals surface area contributed by atoms with E-state index in [-0.39, 0.29) is 6.04 Å². The van der Waals surface area contributed by atoms with Gasteiger partial charge in [0, 0.05) is 6.20 Å². The minimum absolute atomic E-state index is 0.252. The number of hydrogen-bond donors (Lipinski definition) is 1. The highest BCUT2D eigenvalue weighted by atomic mass is 35.5. The second kappa shape index (κ2) is 4.69. The second-order valence-corrected chi connectivity index (χ2v) is 4.88. The monoisotopic (exact) mass is 244 g/mol. The van der Waals surface area contributed by atoms with Crippen molar-refractivity contribution in [3.8, 4) is 0 Å². The Kier molecular flexibility index (Phi) is 3.49. The molecule has 4 heteroatoms. The number of halogens is 2. The summed E-state index contributed by atoms with van der Waals surface area (Å²) in [6, 6.07) is 2.00. The van der Waals surface area contributed by atoms with Crippen LogP contribution in [0.4, 0.5) is 0 Å². The molecule has 0 saturated heterocycles. The number of rotatable bonds is 4.